The van der Waals surface area contributed by atoms with E-state index in [4.69, 9.17) is 0 Å². The number of aliphatic hydroxyl groups is 1. The topological polar surface area (TPSA) is 61.4 Å². The zero-order valence-corrected chi connectivity index (χ0v) is 11.4. The van der Waals surface area contributed by atoms with Crippen LogP contribution >= 0.6 is 0 Å². The van der Waals surface area contributed by atoms with Crippen LogP contribution in [0, 0.1) is 5.92 Å². The van der Waals surface area contributed by atoms with Crippen molar-refractivity contribution in [3.63, 3.8) is 0 Å². The largest absolute Gasteiger partial charge is 0.391 e. The summed E-state index contributed by atoms with van der Waals surface area (Å²) >= 11 is 0. The number of likely N-dealkylation sites (N-methyl/N-ethyl adjacent to an activating group) is 1. The van der Waals surface area contributed by atoms with Crippen molar-refractivity contribution in [2.24, 2.45) is 5.92 Å². The first-order valence-corrected chi connectivity index (χ1v) is 6.91. The van der Waals surface area contributed by atoms with Gasteiger partial charge in [0.05, 0.1) is 6.10 Å². The highest BCUT2D eigenvalue weighted by molar-refractivity contribution is 5.95. The maximum Gasteiger partial charge on any atom is 0.251 e. The Labute approximate surface area is 114 Å². The first kappa shape index (κ1) is 14.0. The number of carbonyl (C=O) groups excluding carboxylic acids is 1. The molecule has 0 spiro atoms. The van der Waals surface area contributed by atoms with Crippen LogP contribution in [-0.4, -0.2) is 37.3 Å². The lowest BCUT2D eigenvalue weighted by atomic mass is 10.0. The molecule has 1 saturated carbocycles. The van der Waals surface area contributed by atoms with Crippen LogP contribution < -0.4 is 10.6 Å². The second-order valence-electron chi connectivity index (χ2n) is 5.13. The molecular formula is C15H22N2O2. The molecule has 0 saturated heterocycles. The molecule has 3 N–H and O–H groups in total. The number of amides is 1. The van der Waals surface area contributed by atoms with Gasteiger partial charge in [-0.15, -0.1) is 0 Å². The minimum atomic E-state index is -0.395. The highest BCUT2D eigenvalue weighted by Crippen LogP contribution is 2.32. The Kier molecular flexibility index (Phi) is 4.93. The van der Waals surface area contributed by atoms with E-state index in [0.717, 1.165) is 31.4 Å². The minimum Gasteiger partial charge on any atom is -0.391 e. The second-order valence-corrected chi connectivity index (χ2v) is 5.13. The highest BCUT2D eigenvalue weighted by Gasteiger charge is 2.29. The summed E-state index contributed by atoms with van der Waals surface area (Å²) in [6.45, 7) is 1.19. The average molecular weight is 262 g/mol. The lowest BCUT2D eigenvalue weighted by Gasteiger charge is -2.13. The first-order valence-electron chi connectivity index (χ1n) is 6.91. The van der Waals surface area contributed by atoms with E-state index >= 15 is 0 Å². The maximum absolute atomic E-state index is 12.1. The van der Waals surface area contributed by atoms with Crippen LogP contribution in [0.5, 0.6) is 0 Å². The van der Waals surface area contributed by atoms with Gasteiger partial charge >= 0.3 is 0 Å². The van der Waals surface area contributed by atoms with Crippen molar-refractivity contribution >= 4 is 5.91 Å². The molecule has 104 valence electrons. The van der Waals surface area contributed by atoms with Crippen LogP contribution in [0.3, 0.4) is 0 Å². The van der Waals surface area contributed by atoms with Gasteiger partial charge in [0, 0.05) is 12.1 Å². The Balaban J connectivity index is 1.93. The van der Waals surface area contributed by atoms with Crippen LogP contribution in [0.15, 0.2) is 24.3 Å². The van der Waals surface area contributed by atoms with E-state index < -0.39 is 6.10 Å². The van der Waals surface area contributed by atoms with E-state index in [1.54, 1.807) is 0 Å². The Morgan fingerprint density at radius 3 is 2.84 bits per heavy atom. The molecular weight excluding hydrogens is 240 g/mol. The van der Waals surface area contributed by atoms with Gasteiger partial charge in [-0.25, -0.2) is 0 Å². The van der Waals surface area contributed by atoms with Crippen LogP contribution in [0.2, 0.25) is 0 Å². The van der Waals surface area contributed by atoms with Crippen LogP contribution in [0.1, 0.15) is 28.8 Å². The molecule has 1 atom stereocenters. The van der Waals surface area contributed by atoms with E-state index in [1.165, 1.54) is 0 Å². The van der Waals surface area contributed by atoms with Gasteiger partial charge in [0.2, 0.25) is 0 Å². The number of aliphatic hydroxyl groups excluding tert-OH is 1. The fraction of sp³-hybridized carbons (Fsp3) is 0.533. The molecule has 1 aliphatic rings. The van der Waals surface area contributed by atoms with Crippen LogP contribution in [0.25, 0.3) is 0 Å². The summed E-state index contributed by atoms with van der Waals surface area (Å²) in [6.07, 6.45) is 2.59. The molecule has 0 aromatic heterocycles. The Hall–Kier alpha value is -1.39. The first-order chi connectivity index (χ1) is 9.22. The molecule has 0 aliphatic heterocycles. The van der Waals surface area contributed by atoms with Crippen LogP contribution in [0.4, 0.5) is 0 Å². The normalized spacial score (nSPS) is 16.1. The average Bonchev–Trinajstić information content (AvgIpc) is 3.27. The monoisotopic (exact) mass is 262 g/mol. The zero-order chi connectivity index (χ0) is 13.7. The van der Waals surface area contributed by atoms with Gasteiger partial charge in [0.15, 0.2) is 0 Å². The van der Waals surface area contributed by atoms with Crippen molar-refractivity contribution in [3.05, 3.63) is 35.4 Å². The Morgan fingerprint density at radius 2 is 2.16 bits per heavy atom. The molecule has 1 fully saturated rings. The third kappa shape index (κ3) is 4.04. The molecule has 1 aliphatic carbocycles. The van der Waals surface area contributed by atoms with Crippen molar-refractivity contribution in [2.75, 3.05) is 20.1 Å². The zero-order valence-electron chi connectivity index (χ0n) is 11.4. The number of hydrogen-bond acceptors (Lipinski definition) is 3. The van der Waals surface area contributed by atoms with E-state index in [9.17, 15) is 9.90 Å². The third-order valence-corrected chi connectivity index (χ3v) is 3.54. The van der Waals surface area contributed by atoms with E-state index in [1.807, 2.05) is 31.3 Å². The van der Waals surface area contributed by atoms with Crippen molar-refractivity contribution < 1.29 is 9.90 Å². The third-order valence-electron chi connectivity index (χ3n) is 3.54. The molecule has 19 heavy (non-hydrogen) atoms. The molecule has 1 aromatic carbocycles. The predicted octanol–water partition coefficient (Wildman–Crippen LogP) is 0.949. The van der Waals surface area contributed by atoms with E-state index in [2.05, 4.69) is 10.6 Å². The minimum absolute atomic E-state index is 0.0913. The number of hydrogen-bond donors (Lipinski definition) is 3. The van der Waals surface area contributed by atoms with E-state index in [0.29, 0.717) is 18.0 Å². The van der Waals surface area contributed by atoms with Crippen molar-refractivity contribution in [2.45, 2.75) is 25.4 Å². The van der Waals surface area contributed by atoms with Crippen molar-refractivity contribution in [3.8, 4) is 0 Å². The van der Waals surface area contributed by atoms with Crippen molar-refractivity contribution in [1.82, 2.24) is 10.6 Å². The number of rotatable bonds is 7. The summed E-state index contributed by atoms with van der Waals surface area (Å²) in [5.41, 5.74) is 1.75. The molecule has 0 radical (unpaired) electrons. The molecule has 2 rings (SSSR count). The van der Waals surface area contributed by atoms with Gasteiger partial charge in [-0.2, -0.15) is 0 Å². The lowest BCUT2D eigenvalue weighted by Crippen LogP contribution is -2.33. The second kappa shape index (κ2) is 6.68. The Bertz CT molecular complexity index is 430. The van der Waals surface area contributed by atoms with Gasteiger partial charge in [-0.3, -0.25) is 4.79 Å². The summed E-state index contributed by atoms with van der Waals surface area (Å²) in [5.74, 6) is 0.297. The summed E-state index contributed by atoms with van der Waals surface area (Å²) < 4.78 is 0. The van der Waals surface area contributed by atoms with Gasteiger partial charge in [-0.05, 0) is 50.4 Å². The predicted molar refractivity (Wildman–Crippen MR) is 75.1 cm³/mol. The summed E-state index contributed by atoms with van der Waals surface area (Å²) in [7, 11) is 1.90. The Morgan fingerprint density at radius 1 is 1.42 bits per heavy atom. The van der Waals surface area contributed by atoms with E-state index in [-0.39, 0.29) is 5.91 Å². The van der Waals surface area contributed by atoms with Crippen molar-refractivity contribution in [1.29, 1.82) is 0 Å². The quantitative estimate of drug-likeness (QED) is 0.685. The number of nitrogens with one attached hydrogen (secondary N) is 2. The lowest BCUT2D eigenvalue weighted by molar-refractivity contribution is 0.0900. The summed E-state index contributed by atoms with van der Waals surface area (Å²) in [6, 6.07) is 7.63. The van der Waals surface area contributed by atoms with Gasteiger partial charge < -0.3 is 15.7 Å². The molecule has 1 amide bonds. The number of benzene rings is 1. The molecule has 1 unspecified atom stereocenters. The summed E-state index contributed by atoms with van der Waals surface area (Å²) in [4.78, 5) is 12.1. The van der Waals surface area contributed by atoms with Gasteiger partial charge in [-0.1, -0.05) is 18.2 Å². The standard InChI is InChI=1S/C15H22N2O2/c1-16-9-8-11-4-2-3-5-13(11)15(19)17-10-14(18)12-6-7-12/h2-5,12,14,16,18H,6-10H2,1H3,(H,17,19). The smallest absolute Gasteiger partial charge is 0.251 e. The summed E-state index contributed by atoms with van der Waals surface area (Å²) in [5, 5.41) is 15.7. The molecule has 1 aromatic rings. The SMILES string of the molecule is CNCCc1ccccc1C(=O)NCC(O)C1CC1. The fourth-order valence-corrected chi connectivity index (χ4v) is 2.16. The molecule has 4 nitrogen and oxygen atoms in total. The highest BCUT2D eigenvalue weighted by atomic mass is 16.3. The molecule has 0 bridgehead atoms. The van der Waals surface area contributed by atoms with Crippen LogP contribution in [-0.2, 0) is 6.42 Å². The molecule has 4 heteroatoms. The maximum atomic E-state index is 12.1. The number of carbonyl (C=O) groups is 1. The fourth-order valence-electron chi connectivity index (χ4n) is 2.16. The molecule has 0 heterocycles. The van der Waals surface area contributed by atoms with Gasteiger partial charge in [0.1, 0.15) is 0 Å². The van der Waals surface area contributed by atoms with Gasteiger partial charge in [0.25, 0.3) is 5.91 Å².